The van der Waals surface area contributed by atoms with E-state index in [1.165, 1.54) is 6.08 Å². The minimum absolute atomic E-state index is 0.235. The Morgan fingerprint density at radius 3 is 1.67 bits per heavy atom. The molecule has 5 heteroatoms. The van der Waals surface area contributed by atoms with Crippen LogP contribution < -0.4 is 14.2 Å². The fourth-order valence-electron chi connectivity index (χ4n) is 3.46. The number of hydrogen-bond donors (Lipinski definition) is 0. The minimum Gasteiger partial charge on any atom is -0.497 e. The lowest BCUT2D eigenvalue weighted by molar-refractivity contribution is -0.144. The van der Waals surface area contributed by atoms with Crippen LogP contribution in [0.2, 0.25) is 0 Å². The summed E-state index contributed by atoms with van der Waals surface area (Å²) in [5.74, 6) is 1.08. The molecule has 0 saturated carbocycles. The highest BCUT2D eigenvalue weighted by Crippen LogP contribution is 2.34. The SMILES string of the molecule is CCC(C)(C)C(=O)Oc1ccc(C(C)(C)c2ccc(OC(=O)/C=C/c3ccc(OC)cc3)cc2)cc1. The van der Waals surface area contributed by atoms with Crippen LogP contribution in [0.5, 0.6) is 17.2 Å². The molecule has 36 heavy (non-hydrogen) atoms. The van der Waals surface area contributed by atoms with Crippen LogP contribution in [-0.4, -0.2) is 19.0 Å². The summed E-state index contributed by atoms with van der Waals surface area (Å²) in [6.07, 6.45) is 3.81. The molecule has 0 heterocycles. The molecule has 0 aliphatic carbocycles. The maximum Gasteiger partial charge on any atom is 0.336 e. The Morgan fingerprint density at radius 2 is 1.19 bits per heavy atom. The highest BCUT2D eigenvalue weighted by atomic mass is 16.5. The molecule has 188 valence electrons. The van der Waals surface area contributed by atoms with Gasteiger partial charge >= 0.3 is 11.9 Å². The van der Waals surface area contributed by atoms with Crippen molar-refractivity contribution in [2.45, 2.75) is 46.5 Å². The fourth-order valence-corrected chi connectivity index (χ4v) is 3.46. The molecule has 3 rings (SSSR count). The van der Waals surface area contributed by atoms with Gasteiger partial charge in [-0.3, -0.25) is 4.79 Å². The number of hydrogen-bond acceptors (Lipinski definition) is 5. The van der Waals surface area contributed by atoms with Gasteiger partial charge in [0.2, 0.25) is 0 Å². The molecule has 0 aromatic heterocycles. The average Bonchev–Trinajstić information content (AvgIpc) is 2.88. The normalized spacial score (nSPS) is 11.8. The van der Waals surface area contributed by atoms with Crippen molar-refractivity contribution in [1.82, 2.24) is 0 Å². The van der Waals surface area contributed by atoms with Gasteiger partial charge in [0.1, 0.15) is 17.2 Å². The first-order valence-electron chi connectivity index (χ1n) is 12.0. The molecule has 0 N–H and O–H groups in total. The van der Waals surface area contributed by atoms with Crippen molar-refractivity contribution in [2.24, 2.45) is 5.41 Å². The zero-order chi connectivity index (χ0) is 26.3. The van der Waals surface area contributed by atoms with Gasteiger partial charge in [-0.05, 0) is 79.4 Å². The molecular formula is C31H34O5. The summed E-state index contributed by atoms with van der Waals surface area (Å²) < 4.78 is 16.1. The Hall–Kier alpha value is -3.86. The van der Waals surface area contributed by atoms with Gasteiger partial charge in [-0.2, -0.15) is 0 Å². The summed E-state index contributed by atoms with van der Waals surface area (Å²) in [6.45, 7) is 9.97. The first kappa shape index (κ1) is 26.7. The molecule has 0 amide bonds. The van der Waals surface area contributed by atoms with E-state index >= 15 is 0 Å². The van der Waals surface area contributed by atoms with Gasteiger partial charge in [0, 0.05) is 11.5 Å². The second-order valence-electron chi connectivity index (χ2n) is 9.83. The van der Waals surface area contributed by atoms with Gasteiger partial charge < -0.3 is 14.2 Å². The molecular weight excluding hydrogens is 452 g/mol. The number of methoxy groups -OCH3 is 1. The molecule has 0 spiro atoms. The van der Waals surface area contributed by atoms with Crippen molar-refractivity contribution >= 4 is 18.0 Å². The first-order chi connectivity index (χ1) is 17.0. The Balaban J connectivity index is 1.63. The second-order valence-corrected chi connectivity index (χ2v) is 9.83. The van der Waals surface area contributed by atoms with Crippen LogP contribution in [0.25, 0.3) is 6.08 Å². The standard InChI is InChI=1S/C31H34O5/c1-7-30(2,3)29(33)36-27-19-13-24(14-20-27)31(4,5)23-11-17-26(18-12-23)35-28(32)21-10-22-8-15-25(34-6)16-9-22/h8-21H,7H2,1-6H3/b21-10+. The summed E-state index contributed by atoms with van der Waals surface area (Å²) in [6, 6.07) is 22.5. The van der Waals surface area contributed by atoms with E-state index in [0.717, 1.165) is 22.4 Å². The summed E-state index contributed by atoms with van der Waals surface area (Å²) in [5.41, 5.74) is 2.19. The van der Waals surface area contributed by atoms with Crippen LogP contribution in [0.3, 0.4) is 0 Å². The number of esters is 2. The van der Waals surface area contributed by atoms with Crippen LogP contribution in [0.1, 0.15) is 57.7 Å². The molecule has 0 aliphatic heterocycles. The first-order valence-corrected chi connectivity index (χ1v) is 12.0. The molecule has 5 nitrogen and oxygen atoms in total. The molecule has 3 aromatic carbocycles. The lowest BCUT2D eigenvalue weighted by atomic mass is 9.78. The topological polar surface area (TPSA) is 61.8 Å². The van der Waals surface area contributed by atoms with Crippen molar-refractivity contribution < 1.29 is 23.8 Å². The van der Waals surface area contributed by atoms with E-state index in [1.54, 1.807) is 25.3 Å². The van der Waals surface area contributed by atoms with Gasteiger partial charge in [0.15, 0.2) is 0 Å². The Morgan fingerprint density at radius 1 is 0.722 bits per heavy atom. The van der Waals surface area contributed by atoms with Crippen LogP contribution in [0, 0.1) is 5.41 Å². The third kappa shape index (κ3) is 6.63. The van der Waals surface area contributed by atoms with E-state index < -0.39 is 11.4 Å². The zero-order valence-corrected chi connectivity index (χ0v) is 21.8. The van der Waals surface area contributed by atoms with Gasteiger partial charge in [-0.1, -0.05) is 57.2 Å². The number of benzene rings is 3. The molecule has 0 bridgehead atoms. The summed E-state index contributed by atoms with van der Waals surface area (Å²) >= 11 is 0. The van der Waals surface area contributed by atoms with Crippen LogP contribution in [-0.2, 0) is 15.0 Å². The van der Waals surface area contributed by atoms with E-state index in [2.05, 4.69) is 13.8 Å². The molecule has 0 radical (unpaired) electrons. The predicted octanol–water partition coefficient (Wildman–Crippen LogP) is 6.98. The fraction of sp³-hybridized carbons (Fsp3) is 0.290. The van der Waals surface area contributed by atoms with Crippen molar-refractivity contribution in [1.29, 1.82) is 0 Å². The van der Waals surface area contributed by atoms with Crippen molar-refractivity contribution in [3.05, 3.63) is 95.6 Å². The van der Waals surface area contributed by atoms with E-state index in [9.17, 15) is 9.59 Å². The van der Waals surface area contributed by atoms with E-state index in [-0.39, 0.29) is 11.4 Å². The summed E-state index contributed by atoms with van der Waals surface area (Å²) in [5, 5.41) is 0. The predicted molar refractivity (Wildman–Crippen MR) is 142 cm³/mol. The number of rotatable bonds is 9. The summed E-state index contributed by atoms with van der Waals surface area (Å²) in [4.78, 5) is 24.6. The molecule has 0 aliphatic rings. The van der Waals surface area contributed by atoms with E-state index in [0.29, 0.717) is 17.9 Å². The van der Waals surface area contributed by atoms with E-state index in [1.807, 2.05) is 81.4 Å². The van der Waals surface area contributed by atoms with Gasteiger partial charge in [-0.15, -0.1) is 0 Å². The Labute approximate surface area is 213 Å². The van der Waals surface area contributed by atoms with Gasteiger partial charge in [-0.25, -0.2) is 4.79 Å². The highest BCUT2D eigenvalue weighted by Gasteiger charge is 2.28. The third-order valence-corrected chi connectivity index (χ3v) is 6.55. The van der Waals surface area contributed by atoms with Crippen LogP contribution >= 0.6 is 0 Å². The monoisotopic (exact) mass is 486 g/mol. The quantitative estimate of drug-likeness (QED) is 0.185. The van der Waals surface area contributed by atoms with E-state index in [4.69, 9.17) is 14.2 Å². The number of carbonyl (C=O) groups excluding carboxylic acids is 2. The Kier molecular flexibility index (Phi) is 8.36. The smallest absolute Gasteiger partial charge is 0.336 e. The molecule has 0 unspecified atom stereocenters. The van der Waals surface area contributed by atoms with Crippen LogP contribution in [0.15, 0.2) is 78.9 Å². The lowest BCUT2D eigenvalue weighted by Crippen LogP contribution is -2.28. The molecule has 3 aromatic rings. The van der Waals surface area contributed by atoms with Crippen molar-refractivity contribution in [3.8, 4) is 17.2 Å². The molecule has 0 saturated heterocycles. The average molecular weight is 487 g/mol. The maximum atomic E-state index is 12.3. The Bertz CT molecular complexity index is 1200. The summed E-state index contributed by atoms with van der Waals surface area (Å²) in [7, 11) is 1.61. The lowest BCUT2D eigenvalue weighted by Gasteiger charge is -2.26. The number of ether oxygens (including phenoxy) is 3. The molecule has 0 atom stereocenters. The second kappa shape index (κ2) is 11.3. The van der Waals surface area contributed by atoms with Gasteiger partial charge in [0.25, 0.3) is 0 Å². The third-order valence-electron chi connectivity index (χ3n) is 6.55. The number of carbonyl (C=O) groups is 2. The van der Waals surface area contributed by atoms with Gasteiger partial charge in [0.05, 0.1) is 12.5 Å². The van der Waals surface area contributed by atoms with Crippen molar-refractivity contribution in [3.63, 3.8) is 0 Å². The minimum atomic E-state index is -0.519. The maximum absolute atomic E-state index is 12.3. The zero-order valence-electron chi connectivity index (χ0n) is 21.8. The molecule has 0 fully saturated rings. The van der Waals surface area contributed by atoms with Crippen molar-refractivity contribution in [2.75, 3.05) is 7.11 Å². The highest BCUT2D eigenvalue weighted by molar-refractivity contribution is 5.88. The largest absolute Gasteiger partial charge is 0.497 e. The van der Waals surface area contributed by atoms with Crippen LogP contribution in [0.4, 0.5) is 0 Å².